The Hall–Kier alpha value is -1.78. The molecular formula is C15H13ClN2OS. The van der Waals surface area contributed by atoms with Crippen molar-refractivity contribution >= 4 is 35.0 Å². The van der Waals surface area contributed by atoms with Crippen molar-refractivity contribution in [1.82, 2.24) is 4.98 Å². The lowest BCUT2D eigenvalue weighted by molar-refractivity contribution is 0.102. The number of nitrogens with zero attached hydrogens (tertiary/aromatic N) is 1. The highest BCUT2D eigenvalue weighted by Crippen LogP contribution is 2.27. The fourth-order valence-electron chi connectivity index (χ4n) is 1.55. The molecule has 0 bridgehead atoms. The third-order valence-electron chi connectivity index (χ3n) is 2.48. The quantitative estimate of drug-likeness (QED) is 0.510. The molecule has 1 heterocycles. The van der Waals surface area contributed by atoms with Gasteiger partial charge in [-0.15, -0.1) is 18.3 Å². The van der Waals surface area contributed by atoms with Crippen molar-refractivity contribution in [3.8, 4) is 0 Å². The molecule has 0 saturated heterocycles. The van der Waals surface area contributed by atoms with Crippen LogP contribution in [0.25, 0.3) is 0 Å². The Morgan fingerprint density at radius 3 is 2.85 bits per heavy atom. The number of anilines is 1. The standard InChI is InChI=1S/C15H13ClN2OS/c1-2-9-20-13-6-4-3-5-12(13)18-15(19)11-7-8-14(16)17-10-11/h2-8,10H,1,9H2,(H,18,19). The lowest BCUT2D eigenvalue weighted by Gasteiger charge is -2.09. The van der Waals surface area contributed by atoms with Gasteiger partial charge >= 0.3 is 0 Å². The van der Waals surface area contributed by atoms with Crippen molar-refractivity contribution in [3.63, 3.8) is 0 Å². The van der Waals surface area contributed by atoms with Gasteiger partial charge in [0.1, 0.15) is 5.15 Å². The van der Waals surface area contributed by atoms with E-state index in [2.05, 4.69) is 16.9 Å². The van der Waals surface area contributed by atoms with E-state index in [0.717, 1.165) is 16.3 Å². The summed E-state index contributed by atoms with van der Waals surface area (Å²) in [6.07, 6.45) is 3.28. The molecule has 3 nitrogen and oxygen atoms in total. The number of benzene rings is 1. The molecule has 2 aromatic rings. The maximum atomic E-state index is 12.1. The first-order chi connectivity index (χ1) is 9.70. The van der Waals surface area contributed by atoms with Gasteiger partial charge in [0.15, 0.2) is 0 Å². The summed E-state index contributed by atoms with van der Waals surface area (Å²) in [6, 6.07) is 10.9. The van der Waals surface area contributed by atoms with Gasteiger partial charge in [-0.25, -0.2) is 4.98 Å². The van der Waals surface area contributed by atoms with Crippen LogP contribution in [0.2, 0.25) is 5.15 Å². The lowest BCUT2D eigenvalue weighted by Crippen LogP contribution is -2.12. The molecule has 0 unspecified atom stereocenters. The molecule has 102 valence electrons. The Balaban J connectivity index is 2.15. The van der Waals surface area contributed by atoms with E-state index in [0.29, 0.717) is 10.7 Å². The number of halogens is 1. The molecule has 1 N–H and O–H groups in total. The topological polar surface area (TPSA) is 42.0 Å². The van der Waals surface area contributed by atoms with Crippen LogP contribution in [0.1, 0.15) is 10.4 Å². The average molecular weight is 305 g/mol. The summed E-state index contributed by atoms with van der Waals surface area (Å²) in [6.45, 7) is 3.69. The largest absolute Gasteiger partial charge is 0.321 e. The molecule has 0 spiro atoms. The van der Waals surface area contributed by atoms with Crippen LogP contribution in [0.4, 0.5) is 5.69 Å². The Morgan fingerprint density at radius 2 is 2.15 bits per heavy atom. The van der Waals surface area contributed by atoms with Gasteiger partial charge in [0.05, 0.1) is 11.3 Å². The SMILES string of the molecule is C=CCSc1ccccc1NC(=O)c1ccc(Cl)nc1. The number of aromatic nitrogens is 1. The van der Waals surface area contributed by atoms with Crippen molar-refractivity contribution in [2.45, 2.75) is 4.90 Å². The Bertz CT molecular complexity index is 614. The van der Waals surface area contributed by atoms with Crippen molar-refractivity contribution in [2.24, 2.45) is 0 Å². The predicted octanol–water partition coefficient (Wildman–Crippen LogP) is 4.27. The second-order valence-corrected chi connectivity index (χ2v) is 5.37. The number of pyridine rings is 1. The summed E-state index contributed by atoms with van der Waals surface area (Å²) < 4.78 is 0. The molecule has 2 rings (SSSR count). The van der Waals surface area contributed by atoms with E-state index < -0.39 is 0 Å². The van der Waals surface area contributed by atoms with E-state index in [1.807, 2.05) is 30.3 Å². The minimum atomic E-state index is -0.208. The van der Waals surface area contributed by atoms with Gasteiger partial charge < -0.3 is 5.32 Å². The number of hydrogen-bond acceptors (Lipinski definition) is 3. The molecule has 0 aliphatic carbocycles. The lowest BCUT2D eigenvalue weighted by atomic mass is 10.2. The summed E-state index contributed by atoms with van der Waals surface area (Å²) in [4.78, 5) is 17.0. The highest BCUT2D eigenvalue weighted by Gasteiger charge is 2.09. The van der Waals surface area contributed by atoms with Crippen molar-refractivity contribution in [3.05, 3.63) is 66.0 Å². The summed E-state index contributed by atoms with van der Waals surface area (Å²) in [5.74, 6) is 0.580. The van der Waals surface area contributed by atoms with Crippen LogP contribution < -0.4 is 5.32 Å². The minimum absolute atomic E-state index is 0.208. The molecule has 0 fully saturated rings. The van der Waals surface area contributed by atoms with Gasteiger partial charge in [-0.2, -0.15) is 0 Å². The highest BCUT2D eigenvalue weighted by atomic mass is 35.5. The molecule has 20 heavy (non-hydrogen) atoms. The molecule has 1 aromatic heterocycles. The average Bonchev–Trinajstić information content (AvgIpc) is 2.47. The number of carbonyl (C=O) groups excluding carboxylic acids is 1. The third-order valence-corrected chi connectivity index (χ3v) is 3.77. The summed E-state index contributed by atoms with van der Waals surface area (Å²) in [5.41, 5.74) is 1.25. The molecule has 5 heteroatoms. The van der Waals surface area contributed by atoms with E-state index in [-0.39, 0.29) is 5.91 Å². The van der Waals surface area contributed by atoms with E-state index >= 15 is 0 Å². The summed E-state index contributed by atoms with van der Waals surface area (Å²) in [7, 11) is 0. The number of amides is 1. The van der Waals surface area contributed by atoms with E-state index in [4.69, 9.17) is 11.6 Å². The zero-order valence-electron chi connectivity index (χ0n) is 10.7. The van der Waals surface area contributed by atoms with Crippen LogP contribution >= 0.6 is 23.4 Å². The number of hydrogen-bond donors (Lipinski definition) is 1. The Morgan fingerprint density at radius 1 is 1.35 bits per heavy atom. The van der Waals surface area contributed by atoms with Crippen LogP contribution in [-0.2, 0) is 0 Å². The van der Waals surface area contributed by atoms with Gasteiger partial charge in [0, 0.05) is 16.8 Å². The van der Waals surface area contributed by atoms with Gasteiger partial charge in [0.2, 0.25) is 0 Å². The van der Waals surface area contributed by atoms with Gasteiger partial charge in [0.25, 0.3) is 5.91 Å². The number of carbonyl (C=O) groups is 1. The van der Waals surface area contributed by atoms with Crippen LogP contribution in [0.15, 0.2) is 60.1 Å². The fraction of sp³-hybridized carbons (Fsp3) is 0.0667. The van der Waals surface area contributed by atoms with Crippen molar-refractivity contribution < 1.29 is 4.79 Å². The van der Waals surface area contributed by atoms with E-state index in [1.54, 1.807) is 23.9 Å². The molecule has 0 aliphatic heterocycles. The number of thioether (sulfide) groups is 1. The van der Waals surface area contributed by atoms with Crippen molar-refractivity contribution in [1.29, 1.82) is 0 Å². The smallest absolute Gasteiger partial charge is 0.257 e. The molecule has 1 aromatic carbocycles. The number of nitrogens with one attached hydrogen (secondary N) is 1. The zero-order valence-corrected chi connectivity index (χ0v) is 12.2. The number of rotatable bonds is 5. The summed E-state index contributed by atoms with van der Waals surface area (Å²) in [5, 5.41) is 3.24. The first kappa shape index (κ1) is 14.6. The van der Waals surface area contributed by atoms with Crippen LogP contribution in [-0.4, -0.2) is 16.6 Å². The molecule has 0 atom stereocenters. The van der Waals surface area contributed by atoms with Crippen LogP contribution in [0.5, 0.6) is 0 Å². The first-order valence-corrected chi connectivity index (χ1v) is 7.32. The number of para-hydroxylation sites is 1. The second kappa shape index (κ2) is 7.12. The minimum Gasteiger partial charge on any atom is -0.321 e. The Kier molecular flexibility index (Phi) is 5.21. The molecule has 1 amide bonds. The fourth-order valence-corrected chi connectivity index (χ4v) is 2.41. The van der Waals surface area contributed by atoms with E-state index in [1.165, 1.54) is 6.20 Å². The molecule has 0 saturated carbocycles. The van der Waals surface area contributed by atoms with Gasteiger partial charge in [-0.05, 0) is 24.3 Å². The first-order valence-electron chi connectivity index (χ1n) is 5.96. The third kappa shape index (κ3) is 3.85. The van der Waals surface area contributed by atoms with Crippen LogP contribution in [0, 0.1) is 0 Å². The highest BCUT2D eigenvalue weighted by molar-refractivity contribution is 7.99. The molecular weight excluding hydrogens is 292 g/mol. The maximum absolute atomic E-state index is 12.1. The van der Waals surface area contributed by atoms with Gasteiger partial charge in [-0.1, -0.05) is 29.8 Å². The Labute approximate surface area is 127 Å². The maximum Gasteiger partial charge on any atom is 0.257 e. The van der Waals surface area contributed by atoms with Gasteiger partial charge in [-0.3, -0.25) is 4.79 Å². The molecule has 0 aliphatic rings. The van der Waals surface area contributed by atoms with Crippen molar-refractivity contribution in [2.75, 3.05) is 11.1 Å². The van der Waals surface area contributed by atoms with Crippen LogP contribution in [0.3, 0.4) is 0 Å². The predicted molar refractivity (Wildman–Crippen MR) is 84.6 cm³/mol. The molecule has 0 radical (unpaired) electrons. The summed E-state index contributed by atoms with van der Waals surface area (Å²) >= 11 is 7.32. The normalized spacial score (nSPS) is 10.1. The van der Waals surface area contributed by atoms with E-state index in [9.17, 15) is 4.79 Å². The second-order valence-electron chi connectivity index (χ2n) is 3.92. The monoisotopic (exact) mass is 304 g/mol. The zero-order chi connectivity index (χ0) is 14.4.